The molecule has 1 N–H and O–H groups in total. The van der Waals surface area contributed by atoms with E-state index in [2.05, 4.69) is 15.3 Å². The predicted molar refractivity (Wildman–Crippen MR) is 124 cm³/mol. The van der Waals surface area contributed by atoms with E-state index in [0.29, 0.717) is 10.8 Å². The van der Waals surface area contributed by atoms with Gasteiger partial charge in [0.05, 0.1) is 0 Å². The Labute approximate surface area is 185 Å². The average molecular weight is 414 g/mol. The topological polar surface area (TPSA) is 18.5 Å². The Balaban J connectivity index is 0.994. The molecule has 0 bridgehead atoms. The lowest BCUT2D eigenvalue weighted by molar-refractivity contribution is -0.0583. The smallest absolute Gasteiger partial charge is 0.0190 e. The number of nitrogens with zero attached hydrogens (tertiary/aromatic N) is 2. The van der Waals surface area contributed by atoms with Crippen LogP contribution < -0.4 is 5.32 Å². The highest BCUT2D eigenvalue weighted by Gasteiger charge is 2.48. The largest absolute Gasteiger partial charge is 0.316 e. The molecule has 3 saturated carbocycles. The van der Waals surface area contributed by atoms with Crippen LogP contribution in [0.1, 0.15) is 103 Å². The number of rotatable bonds is 2. The van der Waals surface area contributed by atoms with Crippen LogP contribution in [-0.4, -0.2) is 49.3 Å². The second-order valence-corrected chi connectivity index (χ2v) is 12.9. The lowest BCUT2D eigenvalue weighted by atomic mass is 9.65. The van der Waals surface area contributed by atoms with Gasteiger partial charge in [0.2, 0.25) is 0 Å². The predicted octanol–water partition coefficient (Wildman–Crippen LogP) is 5.61. The minimum Gasteiger partial charge on any atom is -0.316 e. The molecular formula is C27H47N3. The Kier molecular flexibility index (Phi) is 5.48. The molecule has 1 unspecified atom stereocenters. The van der Waals surface area contributed by atoms with Gasteiger partial charge in [0.1, 0.15) is 0 Å². The maximum absolute atomic E-state index is 3.63. The van der Waals surface area contributed by atoms with Crippen LogP contribution in [0.25, 0.3) is 0 Å². The van der Waals surface area contributed by atoms with E-state index in [1.807, 2.05) is 0 Å². The standard InChI is InChI=1S/C27H47N3/c1-2-7-25(8-3-1)9-6-24(20-25)23-4-10-27(11-5-23)15-19-30(22-27)29-17-13-26(14-18-29)12-16-28-21-26/h23-24,28H,1-22H2. The molecule has 6 fully saturated rings. The van der Waals surface area contributed by atoms with E-state index in [-0.39, 0.29) is 0 Å². The third kappa shape index (κ3) is 3.79. The molecule has 0 radical (unpaired) electrons. The van der Waals surface area contributed by atoms with Crippen molar-refractivity contribution < 1.29 is 0 Å². The first-order valence-electron chi connectivity index (χ1n) is 13.9. The van der Waals surface area contributed by atoms with Gasteiger partial charge in [-0.1, -0.05) is 19.3 Å². The molecule has 0 amide bonds. The molecule has 30 heavy (non-hydrogen) atoms. The molecular weight excluding hydrogens is 366 g/mol. The fourth-order valence-electron chi connectivity index (χ4n) is 9.17. The van der Waals surface area contributed by atoms with Gasteiger partial charge in [0, 0.05) is 32.7 Å². The molecule has 0 aromatic rings. The van der Waals surface area contributed by atoms with Gasteiger partial charge in [-0.25, -0.2) is 10.0 Å². The van der Waals surface area contributed by atoms with Crippen LogP contribution in [0.2, 0.25) is 0 Å². The van der Waals surface area contributed by atoms with E-state index >= 15 is 0 Å². The minimum atomic E-state index is 0.656. The van der Waals surface area contributed by atoms with Crippen LogP contribution in [0.4, 0.5) is 0 Å². The van der Waals surface area contributed by atoms with Crippen molar-refractivity contribution in [1.82, 2.24) is 15.3 Å². The molecule has 3 aliphatic heterocycles. The number of piperidine rings is 1. The summed E-state index contributed by atoms with van der Waals surface area (Å²) in [6.07, 6.45) is 24.5. The minimum absolute atomic E-state index is 0.656. The van der Waals surface area contributed by atoms with Gasteiger partial charge in [-0.15, -0.1) is 0 Å². The van der Waals surface area contributed by atoms with Gasteiger partial charge in [-0.2, -0.15) is 0 Å². The molecule has 3 heteroatoms. The second kappa shape index (κ2) is 8.03. The van der Waals surface area contributed by atoms with Gasteiger partial charge in [-0.05, 0) is 118 Å². The van der Waals surface area contributed by atoms with Crippen molar-refractivity contribution in [2.75, 3.05) is 39.3 Å². The highest BCUT2D eigenvalue weighted by Crippen LogP contribution is 2.56. The first-order valence-corrected chi connectivity index (χ1v) is 13.9. The van der Waals surface area contributed by atoms with Crippen LogP contribution in [0.5, 0.6) is 0 Å². The molecule has 0 aromatic heterocycles. The molecule has 0 aromatic carbocycles. The van der Waals surface area contributed by atoms with Crippen molar-refractivity contribution in [3.05, 3.63) is 0 Å². The summed E-state index contributed by atoms with van der Waals surface area (Å²) in [6, 6.07) is 0. The summed E-state index contributed by atoms with van der Waals surface area (Å²) < 4.78 is 0. The highest BCUT2D eigenvalue weighted by atomic mass is 15.6. The molecule has 3 spiro atoms. The summed E-state index contributed by atoms with van der Waals surface area (Å²) in [4.78, 5) is 0. The van der Waals surface area contributed by atoms with Crippen molar-refractivity contribution in [1.29, 1.82) is 0 Å². The van der Waals surface area contributed by atoms with Crippen LogP contribution in [0.15, 0.2) is 0 Å². The number of nitrogens with one attached hydrogen (secondary N) is 1. The van der Waals surface area contributed by atoms with Gasteiger partial charge in [0.15, 0.2) is 0 Å². The van der Waals surface area contributed by atoms with E-state index in [1.54, 1.807) is 57.8 Å². The first-order chi connectivity index (χ1) is 14.7. The Morgan fingerprint density at radius 2 is 1.23 bits per heavy atom. The van der Waals surface area contributed by atoms with E-state index in [1.165, 1.54) is 84.2 Å². The lowest BCUT2D eigenvalue weighted by Crippen LogP contribution is -2.50. The number of hydrogen-bond acceptors (Lipinski definition) is 3. The first kappa shape index (κ1) is 20.5. The zero-order chi connectivity index (χ0) is 20.1. The maximum Gasteiger partial charge on any atom is 0.0190 e. The van der Waals surface area contributed by atoms with Crippen molar-refractivity contribution >= 4 is 0 Å². The van der Waals surface area contributed by atoms with Gasteiger partial charge >= 0.3 is 0 Å². The summed E-state index contributed by atoms with van der Waals surface area (Å²) in [6.45, 7) is 7.93. The van der Waals surface area contributed by atoms with E-state index in [0.717, 1.165) is 17.3 Å². The quantitative estimate of drug-likeness (QED) is 0.635. The molecule has 170 valence electrons. The second-order valence-electron chi connectivity index (χ2n) is 12.9. The van der Waals surface area contributed by atoms with Crippen molar-refractivity contribution in [2.45, 2.75) is 103 Å². The van der Waals surface area contributed by atoms with Crippen molar-refractivity contribution in [3.63, 3.8) is 0 Å². The lowest BCUT2D eigenvalue weighted by Gasteiger charge is -2.44. The van der Waals surface area contributed by atoms with Gasteiger partial charge < -0.3 is 5.32 Å². The third-order valence-electron chi connectivity index (χ3n) is 11.4. The van der Waals surface area contributed by atoms with E-state index in [9.17, 15) is 0 Å². The summed E-state index contributed by atoms with van der Waals surface area (Å²) in [5, 5.41) is 9.21. The van der Waals surface area contributed by atoms with Crippen LogP contribution >= 0.6 is 0 Å². The number of hydrazine groups is 1. The monoisotopic (exact) mass is 413 g/mol. The Morgan fingerprint density at radius 1 is 0.567 bits per heavy atom. The highest BCUT2D eigenvalue weighted by molar-refractivity contribution is 4.99. The molecule has 3 aliphatic carbocycles. The molecule has 1 atom stereocenters. The molecule has 3 nitrogen and oxygen atoms in total. The SMILES string of the molecule is C1CCC2(CC1)CCC(C1CCC3(CC1)CCN(N1CCC4(CCNC4)CC1)C3)C2. The van der Waals surface area contributed by atoms with Crippen LogP contribution in [0.3, 0.4) is 0 Å². The summed E-state index contributed by atoms with van der Waals surface area (Å²) in [7, 11) is 0. The van der Waals surface area contributed by atoms with Crippen LogP contribution in [-0.2, 0) is 0 Å². The Hall–Kier alpha value is -0.120. The third-order valence-corrected chi connectivity index (χ3v) is 11.4. The zero-order valence-corrected chi connectivity index (χ0v) is 19.6. The molecule has 3 heterocycles. The van der Waals surface area contributed by atoms with Crippen molar-refractivity contribution in [3.8, 4) is 0 Å². The van der Waals surface area contributed by atoms with E-state index in [4.69, 9.17) is 0 Å². The average Bonchev–Trinajstić information content (AvgIpc) is 3.51. The summed E-state index contributed by atoms with van der Waals surface area (Å²) in [5.74, 6) is 2.17. The maximum atomic E-state index is 3.63. The fourth-order valence-corrected chi connectivity index (χ4v) is 9.17. The molecule has 6 rings (SSSR count). The number of hydrogen-bond donors (Lipinski definition) is 1. The molecule has 3 saturated heterocycles. The summed E-state index contributed by atoms with van der Waals surface area (Å²) in [5.41, 5.74) is 2.15. The normalized spacial score (nSPS) is 42.0. The molecule has 6 aliphatic rings. The Bertz CT molecular complexity index is 585. The van der Waals surface area contributed by atoms with Crippen molar-refractivity contribution in [2.24, 2.45) is 28.1 Å². The fraction of sp³-hybridized carbons (Fsp3) is 1.00. The van der Waals surface area contributed by atoms with Gasteiger partial charge in [0.25, 0.3) is 0 Å². The van der Waals surface area contributed by atoms with Gasteiger partial charge in [-0.3, -0.25) is 0 Å². The summed E-state index contributed by atoms with van der Waals surface area (Å²) >= 11 is 0. The van der Waals surface area contributed by atoms with E-state index < -0.39 is 0 Å². The Morgan fingerprint density at radius 3 is 1.97 bits per heavy atom. The van der Waals surface area contributed by atoms with Crippen LogP contribution in [0, 0.1) is 28.1 Å². The zero-order valence-electron chi connectivity index (χ0n) is 19.6.